The summed E-state index contributed by atoms with van der Waals surface area (Å²) in [6.07, 6.45) is 41.1. The summed E-state index contributed by atoms with van der Waals surface area (Å²) in [5, 5.41) is 8.45. The van der Waals surface area contributed by atoms with Crippen LogP contribution in [0.3, 0.4) is 0 Å². The van der Waals surface area contributed by atoms with Crippen molar-refractivity contribution in [3.63, 3.8) is 0 Å². The molecule has 0 heterocycles. The first kappa shape index (κ1) is 36.8. The SMILES string of the molecule is O=C=NCCCCCCCCCCCCCCCCCCCCCCCCCCCCCCCC(=O)NO. The average Bonchev–Trinajstić information content (AvgIpc) is 2.93. The highest BCUT2D eigenvalue weighted by atomic mass is 16.5. The fourth-order valence-corrected chi connectivity index (χ4v) is 5.35. The van der Waals surface area contributed by atoms with Gasteiger partial charge in [-0.2, -0.15) is 0 Å². The molecule has 0 saturated heterocycles. The first-order valence-electron chi connectivity index (χ1n) is 16.8. The number of hydroxylamine groups is 1. The number of carbonyl (C=O) groups is 1. The normalized spacial score (nSPS) is 11.0. The molecule has 0 unspecified atom stereocenters. The van der Waals surface area contributed by atoms with Crippen molar-refractivity contribution in [2.45, 2.75) is 193 Å². The lowest BCUT2D eigenvalue weighted by Gasteiger charge is -2.04. The molecule has 0 aromatic carbocycles. The smallest absolute Gasteiger partial charge is 0.243 e. The Kier molecular flexibility index (Phi) is 32.8. The Balaban J connectivity index is 3.04. The molecule has 5 nitrogen and oxygen atoms in total. The zero-order valence-corrected chi connectivity index (χ0v) is 25.1. The summed E-state index contributed by atoms with van der Waals surface area (Å²) in [6, 6.07) is 0. The highest BCUT2D eigenvalue weighted by Gasteiger charge is 1.99. The second-order valence-electron chi connectivity index (χ2n) is 11.5. The Bertz CT molecular complexity index is 520. The molecule has 0 spiro atoms. The van der Waals surface area contributed by atoms with Crippen LogP contribution in [-0.4, -0.2) is 23.7 Å². The summed E-state index contributed by atoms with van der Waals surface area (Å²) >= 11 is 0. The first-order valence-corrected chi connectivity index (χ1v) is 16.8. The summed E-state index contributed by atoms with van der Waals surface area (Å²) in [7, 11) is 0. The zero-order valence-electron chi connectivity index (χ0n) is 25.1. The van der Waals surface area contributed by atoms with Crippen LogP contribution in [0.1, 0.15) is 193 Å². The molecule has 0 bridgehead atoms. The Hall–Kier alpha value is -1.19. The van der Waals surface area contributed by atoms with Crippen molar-refractivity contribution in [1.82, 2.24) is 5.48 Å². The zero-order chi connectivity index (χ0) is 27.6. The molecule has 0 aliphatic heterocycles. The Labute approximate surface area is 236 Å². The van der Waals surface area contributed by atoms with Crippen molar-refractivity contribution in [3.8, 4) is 0 Å². The number of nitrogens with one attached hydrogen (secondary N) is 1. The number of rotatable bonds is 32. The highest BCUT2D eigenvalue weighted by Crippen LogP contribution is 2.16. The van der Waals surface area contributed by atoms with Crippen molar-refractivity contribution >= 4 is 12.0 Å². The van der Waals surface area contributed by atoms with Crippen molar-refractivity contribution in [1.29, 1.82) is 0 Å². The van der Waals surface area contributed by atoms with Crippen LogP contribution in [0.25, 0.3) is 0 Å². The van der Waals surface area contributed by atoms with Crippen molar-refractivity contribution in [2.75, 3.05) is 6.54 Å². The number of nitrogens with zero attached hydrogens (tertiary/aromatic N) is 1. The first-order chi connectivity index (χ1) is 18.8. The van der Waals surface area contributed by atoms with Crippen LogP contribution in [0.4, 0.5) is 0 Å². The van der Waals surface area contributed by atoms with E-state index in [1.54, 1.807) is 11.6 Å². The number of aliphatic imine (C=N–C) groups is 1. The molecule has 0 atom stereocenters. The van der Waals surface area contributed by atoms with Crippen molar-refractivity contribution < 1.29 is 14.8 Å². The largest absolute Gasteiger partial charge is 0.289 e. The van der Waals surface area contributed by atoms with Gasteiger partial charge in [0.1, 0.15) is 0 Å². The molecule has 0 aromatic heterocycles. The quantitative estimate of drug-likeness (QED) is 0.0295. The molecule has 1 amide bonds. The number of unbranched alkanes of at least 4 members (excludes halogenated alkanes) is 28. The molecule has 38 heavy (non-hydrogen) atoms. The van der Waals surface area contributed by atoms with E-state index in [0.29, 0.717) is 13.0 Å². The number of isocyanates is 1. The number of carbonyl (C=O) groups excluding carboxylic acids is 2. The van der Waals surface area contributed by atoms with Gasteiger partial charge in [-0.25, -0.2) is 15.3 Å². The number of hydrogen-bond acceptors (Lipinski definition) is 4. The fourth-order valence-electron chi connectivity index (χ4n) is 5.35. The van der Waals surface area contributed by atoms with Crippen molar-refractivity contribution in [2.24, 2.45) is 4.99 Å². The maximum absolute atomic E-state index is 10.9. The van der Waals surface area contributed by atoms with Crippen molar-refractivity contribution in [3.05, 3.63) is 0 Å². The molecule has 0 rings (SSSR count). The second kappa shape index (κ2) is 33.8. The summed E-state index contributed by atoms with van der Waals surface area (Å²) in [4.78, 5) is 24.5. The molecule has 0 aliphatic rings. The van der Waals surface area contributed by atoms with Crippen LogP contribution in [-0.2, 0) is 9.59 Å². The fraction of sp³-hybridized carbons (Fsp3) is 0.939. The Morgan fingerprint density at radius 1 is 0.447 bits per heavy atom. The van der Waals surface area contributed by atoms with Crippen LogP contribution in [0, 0.1) is 0 Å². The topological polar surface area (TPSA) is 78.8 Å². The van der Waals surface area contributed by atoms with Crippen LogP contribution >= 0.6 is 0 Å². The predicted octanol–water partition coefficient (Wildman–Crippen LogP) is 10.5. The van der Waals surface area contributed by atoms with E-state index in [1.165, 1.54) is 167 Å². The number of hydrogen-bond donors (Lipinski definition) is 2. The molecular formula is C33H64N2O3. The van der Waals surface area contributed by atoms with E-state index < -0.39 is 0 Å². The van der Waals surface area contributed by atoms with Gasteiger partial charge in [-0.05, 0) is 12.8 Å². The standard InChI is InChI=1S/C33H64N2O3/c36-32-34-31-29-27-25-23-21-19-17-15-13-11-9-7-5-3-1-2-4-6-8-10-12-14-16-18-20-22-24-26-28-30-33(37)35-38/h38H,1-31H2,(H,35,37). The molecule has 2 N–H and O–H groups in total. The minimum atomic E-state index is -0.260. The van der Waals surface area contributed by atoms with Gasteiger partial charge >= 0.3 is 0 Å². The predicted molar refractivity (Wildman–Crippen MR) is 161 cm³/mol. The summed E-state index contributed by atoms with van der Waals surface area (Å²) in [5.74, 6) is -0.260. The minimum Gasteiger partial charge on any atom is -0.289 e. The second-order valence-corrected chi connectivity index (χ2v) is 11.5. The maximum Gasteiger partial charge on any atom is 0.243 e. The molecule has 5 heteroatoms. The van der Waals surface area contributed by atoms with Crippen LogP contribution in [0.2, 0.25) is 0 Å². The van der Waals surface area contributed by atoms with Crippen LogP contribution in [0.15, 0.2) is 4.99 Å². The van der Waals surface area contributed by atoms with Gasteiger partial charge in [-0.15, -0.1) is 0 Å². The third kappa shape index (κ3) is 32.8. The maximum atomic E-state index is 10.9. The van der Waals surface area contributed by atoms with E-state index in [1.807, 2.05) is 0 Å². The van der Waals surface area contributed by atoms with Gasteiger partial charge in [0, 0.05) is 6.42 Å². The van der Waals surface area contributed by atoms with E-state index in [-0.39, 0.29) is 5.91 Å². The van der Waals surface area contributed by atoms with E-state index in [4.69, 9.17) is 5.21 Å². The molecule has 0 radical (unpaired) electrons. The van der Waals surface area contributed by atoms with E-state index in [9.17, 15) is 9.59 Å². The van der Waals surface area contributed by atoms with Gasteiger partial charge in [0.2, 0.25) is 12.0 Å². The van der Waals surface area contributed by atoms with E-state index >= 15 is 0 Å². The summed E-state index contributed by atoms with van der Waals surface area (Å²) in [6.45, 7) is 0.660. The molecule has 0 aliphatic carbocycles. The highest BCUT2D eigenvalue weighted by molar-refractivity contribution is 5.74. The lowest BCUT2D eigenvalue weighted by atomic mass is 10.0. The Morgan fingerprint density at radius 3 is 0.921 bits per heavy atom. The third-order valence-electron chi connectivity index (χ3n) is 7.86. The minimum absolute atomic E-state index is 0.260. The molecule has 0 fully saturated rings. The lowest BCUT2D eigenvalue weighted by Crippen LogP contribution is -2.17. The van der Waals surface area contributed by atoms with Gasteiger partial charge in [0.25, 0.3) is 0 Å². The van der Waals surface area contributed by atoms with Crippen LogP contribution < -0.4 is 5.48 Å². The van der Waals surface area contributed by atoms with E-state index in [2.05, 4.69) is 4.99 Å². The van der Waals surface area contributed by atoms with E-state index in [0.717, 1.165) is 19.3 Å². The molecular weight excluding hydrogens is 472 g/mol. The van der Waals surface area contributed by atoms with Gasteiger partial charge in [-0.3, -0.25) is 10.0 Å². The average molecular weight is 537 g/mol. The lowest BCUT2D eigenvalue weighted by molar-refractivity contribution is -0.129. The monoisotopic (exact) mass is 536 g/mol. The van der Waals surface area contributed by atoms with Gasteiger partial charge in [0.15, 0.2) is 0 Å². The third-order valence-corrected chi connectivity index (χ3v) is 7.86. The molecule has 0 aromatic rings. The summed E-state index contributed by atoms with van der Waals surface area (Å²) < 4.78 is 0. The van der Waals surface area contributed by atoms with Crippen LogP contribution in [0.5, 0.6) is 0 Å². The van der Waals surface area contributed by atoms with Gasteiger partial charge in [-0.1, -0.05) is 173 Å². The molecule has 0 saturated carbocycles. The van der Waals surface area contributed by atoms with Gasteiger partial charge < -0.3 is 0 Å². The number of amides is 1. The molecule has 224 valence electrons. The Morgan fingerprint density at radius 2 is 0.684 bits per heavy atom. The summed E-state index contributed by atoms with van der Waals surface area (Å²) in [5.41, 5.74) is 1.69. The van der Waals surface area contributed by atoms with Gasteiger partial charge in [0.05, 0.1) is 6.54 Å².